The van der Waals surface area contributed by atoms with Gasteiger partial charge in [-0.05, 0) is 18.6 Å². The number of carbonyl (C=O) groups is 1. The Bertz CT molecular complexity index is 162. The van der Waals surface area contributed by atoms with Crippen LogP contribution in [0.5, 0.6) is 0 Å². The first-order valence-corrected chi connectivity index (χ1v) is 5.56. The van der Waals surface area contributed by atoms with Gasteiger partial charge in [0.05, 0.1) is 18.5 Å². The lowest BCUT2D eigenvalue weighted by atomic mass is 10.2. The highest BCUT2D eigenvalue weighted by molar-refractivity contribution is 8.00. The van der Waals surface area contributed by atoms with Gasteiger partial charge in [0.2, 0.25) is 5.91 Å². The number of hydrogen-bond donors (Lipinski definition) is 2. The maximum absolute atomic E-state index is 10.7. The fourth-order valence-electron chi connectivity index (χ4n) is 1.02. The molecule has 0 aromatic heterocycles. The molecule has 76 valence electrons. The SMILES string of the molecule is NNC(=O)CCCCSC1COC1. The second-order valence-electron chi connectivity index (χ2n) is 3.05. The molecule has 1 heterocycles. The van der Waals surface area contributed by atoms with Crippen molar-refractivity contribution in [1.82, 2.24) is 5.43 Å². The van der Waals surface area contributed by atoms with E-state index in [9.17, 15) is 4.79 Å². The van der Waals surface area contributed by atoms with Gasteiger partial charge in [0, 0.05) is 6.42 Å². The predicted octanol–water partition coefficient (Wildman–Crippen LogP) is 0.279. The van der Waals surface area contributed by atoms with Crippen LogP contribution in [0.3, 0.4) is 0 Å². The molecule has 1 aliphatic heterocycles. The maximum atomic E-state index is 10.7. The quantitative estimate of drug-likeness (QED) is 0.282. The summed E-state index contributed by atoms with van der Waals surface area (Å²) in [5, 5.41) is 0.698. The number of hydrogen-bond acceptors (Lipinski definition) is 4. The molecular weight excluding hydrogens is 188 g/mol. The van der Waals surface area contributed by atoms with Crippen LogP contribution in [0, 0.1) is 0 Å². The van der Waals surface area contributed by atoms with E-state index in [0.717, 1.165) is 31.8 Å². The highest BCUT2D eigenvalue weighted by Crippen LogP contribution is 2.20. The van der Waals surface area contributed by atoms with Crippen molar-refractivity contribution >= 4 is 17.7 Å². The molecular formula is C8H16N2O2S. The Labute approximate surface area is 82.5 Å². The molecule has 0 unspecified atom stereocenters. The van der Waals surface area contributed by atoms with Crippen LogP contribution in [-0.4, -0.2) is 30.1 Å². The van der Waals surface area contributed by atoms with Gasteiger partial charge in [0.1, 0.15) is 0 Å². The third-order valence-corrected chi connectivity index (χ3v) is 3.19. The summed E-state index contributed by atoms with van der Waals surface area (Å²) in [6.07, 6.45) is 2.54. The topological polar surface area (TPSA) is 64.3 Å². The van der Waals surface area contributed by atoms with E-state index in [1.807, 2.05) is 11.8 Å². The zero-order valence-electron chi connectivity index (χ0n) is 7.62. The molecule has 1 fully saturated rings. The lowest BCUT2D eigenvalue weighted by molar-refractivity contribution is -0.121. The zero-order valence-corrected chi connectivity index (χ0v) is 8.44. The summed E-state index contributed by atoms with van der Waals surface area (Å²) in [6.45, 7) is 1.79. The van der Waals surface area contributed by atoms with Crippen LogP contribution < -0.4 is 11.3 Å². The maximum Gasteiger partial charge on any atom is 0.233 e. The van der Waals surface area contributed by atoms with Gasteiger partial charge < -0.3 is 4.74 Å². The lowest BCUT2D eigenvalue weighted by Gasteiger charge is -2.25. The van der Waals surface area contributed by atoms with E-state index in [2.05, 4.69) is 5.43 Å². The molecule has 0 aromatic rings. The highest BCUT2D eigenvalue weighted by atomic mass is 32.2. The van der Waals surface area contributed by atoms with Gasteiger partial charge >= 0.3 is 0 Å². The van der Waals surface area contributed by atoms with Gasteiger partial charge in [-0.25, -0.2) is 5.84 Å². The van der Waals surface area contributed by atoms with Crippen molar-refractivity contribution in [3.8, 4) is 0 Å². The molecule has 0 aliphatic carbocycles. The molecule has 3 N–H and O–H groups in total. The first-order valence-electron chi connectivity index (χ1n) is 4.51. The molecule has 1 aliphatic rings. The van der Waals surface area contributed by atoms with Gasteiger partial charge in [-0.3, -0.25) is 10.2 Å². The molecule has 0 saturated carbocycles. The summed E-state index contributed by atoms with van der Waals surface area (Å²) in [5.74, 6) is 5.99. The minimum Gasteiger partial charge on any atom is -0.379 e. The van der Waals surface area contributed by atoms with Crippen LogP contribution in [0.2, 0.25) is 0 Å². The predicted molar refractivity (Wildman–Crippen MR) is 53.2 cm³/mol. The Morgan fingerprint density at radius 1 is 1.54 bits per heavy atom. The fraction of sp³-hybridized carbons (Fsp3) is 0.875. The second-order valence-corrected chi connectivity index (χ2v) is 4.46. The molecule has 4 nitrogen and oxygen atoms in total. The number of carbonyl (C=O) groups excluding carboxylic acids is 1. The molecule has 0 aromatic carbocycles. The Hall–Kier alpha value is -0.260. The van der Waals surface area contributed by atoms with Crippen molar-refractivity contribution in [3.63, 3.8) is 0 Å². The molecule has 0 spiro atoms. The minimum atomic E-state index is -0.0722. The second kappa shape index (κ2) is 6.23. The van der Waals surface area contributed by atoms with Crippen molar-refractivity contribution in [2.75, 3.05) is 19.0 Å². The summed E-state index contributed by atoms with van der Waals surface area (Å²) in [5.41, 5.74) is 2.12. The summed E-state index contributed by atoms with van der Waals surface area (Å²) in [4.78, 5) is 10.7. The molecule has 5 heteroatoms. The van der Waals surface area contributed by atoms with Crippen LogP contribution >= 0.6 is 11.8 Å². The summed E-state index contributed by atoms with van der Waals surface area (Å²) in [6, 6.07) is 0. The van der Waals surface area contributed by atoms with E-state index in [-0.39, 0.29) is 5.91 Å². The van der Waals surface area contributed by atoms with E-state index >= 15 is 0 Å². The Kier molecular flexibility index (Phi) is 5.19. The number of amides is 1. The third kappa shape index (κ3) is 4.50. The Morgan fingerprint density at radius 3 is 2.85 bits per heavy atom. The average molecular weight is 204 g/mol. The van der Waals surface area contributed by atoms with Crippen molar-refractivity contribution in [2.24, 2.45) is 5.84 Å². The first-order chi connectivity index (χ1) is 6.33. The normalized spacial score (nSPS) is 16.7. The van der Waals surface area contributed by atoms with Crippen LogP contribution in [0.25, 0.3) is 0 Å². The summed E-state index contributed by atoms with van der Waals surface area (Å²) >= 11 is 1.93. The fourth-order valence-corrected chi connectivity index (χ4v) is 2.11. The van der Waals surface area contributed by atoms with Gasteiger partial charge in [-0.15, -0.1) is 0 Å². The number of ether oxygens (including phenoxy) is 1. The van der Waals surface area contributed by atoms with Crippen molar-refractivity contribution in [1.29, 1.82) is 0 Å². The average Bonchev–Trinajstić information content (AvgIpc) is 2.07. The van der Waals surface area contributed by atoms with Crippen molar-refractivity contribution in [3.05, 3.63) is 0 Å². The standard InChI is InChI=1S/C8H16N2O2S/c9-10-8(11)3-1-2-4-13-7-5-12-6-7/h7H,1-6,9H2,(H,10,11). The monoisotopic (exact) mass is 204 g/mol. The van der Waals surface area contributed by atoms with Gasteiger partial charge in [0.15, 0.2) is 0 Å². The summed E-state index contributed by atoms with van der Waals surface area (Å²) in [7, 11) is 0. The van der Waals surface area contributed by atoms with E-state index < -0.39 is 0 Å². The minimum absolute atomic E-state index is 0.0722. The zero-order chi connectivity index (χ0) is 9.52. The van der Waals surface area contributed by atoms with Crippen LogP contribution in [0.15, 0.2) is 0 Å². The number of thioether (sulfide) groups is 1. The summed E-state index contributed by atoms with van der Waals surface area (Å²) < 4.78 is 5.05. The Balaban J connectivity index is 1.80. The van der Waals surface area contributed by atoms with Gasteiger partial charge in [-0.1, -0.05) is 0 Å². The number of rotatable bonds is 6. The van der Waals surface area contributed by atoms with E-state index in [0.29, 0.717) is 11.7 Å². The van der Waals surface area contributed by atoms with Crippen molar-refractivity contribution < 1.29 is 9.53 Å². The van der Waals surface area contributed by atoms with Gasteiger partial charge in [0.25, 0.3) is 0 Å². The van der Waals surface area contributed by atoms with Gasteiger partial charge in [-0.2, -0.15) is 11.8 Å². The van der Waals surface area contributed by atoms with Crippen LogP contribution in [-0.2, 0) is 9.53 Å². The Morgan fingerprint density at radius 2 is 2.31 bits per heavy atom. The van der Waals surface area contributed by atoms with E-state index in [4.69, 9.17) is 10.6 Å². The largest absolute Gasteiger partial charge is 0.379 e. The number of hydrazine groups is 1. The molecule has 1 amide bonds. The number of nitrogens with two attached hydrogens (primary N) is 1. The van der Waals surface area contributed by atoms with Crippen LogP contribution in [0.4, 0.5) is 0 Å². The molecule has 1 saturated heterocycles. The van der Waals surface area contributed by atoms with Crippen molar-refractivity contribution in [2.45, 2.75) is 24.5 Å². The molecule has 0 radical (unpaired) electrons. The molecule has 0 bridgehead atoms. The highest BCUT2D eigenvalue weighted by Gasteiger charge is 2.17. The van der Waals surface area contributed by atoms with Crippen LogP contribution in [0.1, 0.15) is 19.3 Å². The number of nitrogens with one attached hydrogen (secondary N) is 1. The molecule has 13 heavy (non-hydrogen) atoms. The number of unbranched alkanes of at least 4 members (excludes halogenated alkanes) is 1. The lowest BCUT2D eigenvalue weighted by Crippen LogP contribution is -2.30. The molecule has 1 rings (SSSR count). The molecule has 0 atom stereocenters. The first kappa shape index (κ1) is 10.8. The van der Waals surface area contributed by atoms with E-state index in [1.165, 1.54) is 0 Å². The third-order valence-electron chi connectivity index (χ3n) is 1.92. The smallest absolute Gasteiger partial charge is 0.233 e. The van der Waals surface area contributed by atoms with E-state index in [1.54, 1.807) is 0 Å².